The van der Waals surface area contributed by atoms with Gasteiger partial charge in [0.05, 0.1) is 6.10 Å². The molecule has 2 nitrogen and oxygen atoms in total. The number of nitrogens with zero attached hydrogens (tertiary/aromatic N) is 1. The molecule has 1 saturated heterocycles. The number of likely N-dealkylation sites (tertiary alicyclic amines) is 1. The molecule has 0 aliphatic carbocycles. The Morgan fingerprint density at radius 2 is 1.88 bits per heavy atom. The molecule has 0 aromatic heterocycles. The van der Waals surface area contributed by atoms with Crippen LogP contribution >= 0.6 is 0 Å². The van der Waals surface area contributed by atoms with Crippen molar-refractivity contribution < 1.29 is 5.11 Å². The van der Waals surface area contributed by atoms with Gasteiger partial charge in [-0.15, -0.1) is 0 Å². The van der Waals surface area contributed by atoms with Gasteiger partial charge in [0, 0.05) is 19.6 Å². The second kappa shape index (κ2) is 5.65. The van der Waals surface area contributed by atoms with Gasteiger partial charge in [0.25, 0.3) is 0 Å². The molecule has 1 heterocycles. The van der Waals surface area contributed by atoms with E-state index < -0.39 is 0 Å². The molecule has 0 amide bonds. The van der Waals surface area contributed by atoms with Crippen LogP contribution in [-0.4, -0.2) is 29.2 Å². The quantitative estimate of drug-likeness (QED) is 0.863. The molecule has 1 N–H and O–H groups in total. The third-order valence-corrected chi connectivity index (χ3v) is 3.32. The monoisotopic (exact) mass is 233 g/mol. The summed E-state index contributed by atoms with van der Waals surface area (Å²) in [6.07, 6.45) is 1.96. The summed E-state index contributed by atoms with van der Waals surface area (Å²) in [7, 11) is 0. The second-order valence-corrected chi connectivity index (χ2v) is 5.59. The Hall–Kier alpha value is -0.860. The van der Waals surface area contributed by atoms with Gasteiger partial charge in [0.15, 0.2) is 0 Å². The summed E-state index contributed by atoms with van der Waals surface area (Å²) >= 11 is 0. The molecule has 2 heteroatoms. The van der Waals surface area contributed by atoms with Crippen molar-refractivity contribution in [1.29, 1.82) is 0 Å². The topological polar surface area (TPSA) is 23.5 Å². The van der Waals surface area contributed by atoms with Crippen LogP contribution in [0.25, 0.3) is 0 Å². The summed E-state index contributed by atoms with van der Waals surface area (Å²) in [5.74, 6) is 0.717. The summed E-state index contributed by atoms with van der Waals surface area (Å²) in [6, 6.07) is 8.93. The molecule has 1 aliphatic rings. The molecule has 0 radical (unpaired) electrons. The molecule has 0 unspecified atom stereocenters. The molecular formula is C15H23NO. The lowest BCUT2D eigenvalue weighted by molar-refractivity contribution is 0.175. The van der Waals surface area contributed by atoms with Crippen LogP contribution in [0.3, 0.4) is 0 Å². The lowest BCUT2D eigenvalue weighted by atomic mass is 10.0. The number of aliphatic hydroxyl groups excluding tert-OH is 1. The smallest absolute Gasteiger partial charge is 0.0679 e. The molecule has 1 aromatic rings. The van der Waals surface area contributed by atoms with Crippen molar-refractivity contribution in [3.8, 4) is 0 Å². The molecule has 0 bridgehead atoms. The second-order valence-electron chi connectivity index (χ2n) is 5.59. The van der Waals surface area contributed by atoms with Crippen molar-refractivity contribution >= 4 is 0 Å². The highest BCUT2D eigenvalue weighted by Gasteiger charge is 2.19. The summed E-state index contributed by atoms with van der Waals surface area (Å²) in [4.78, 5) is 2.32. The fourth-order valence-corrected chi connectivity index (χ4v) is 2.47. The Labute approximate surface area is 104 Å². The van der Waals surface area contributed by atoms with Crippen molar-refractivity contribution in [3.05, 3.63) is 35.4 Å². The Morgan fingerprint density at radius 3 is 2.41 bits per heavy atom. The van der Waals surface area contributed by atoms with Crippen LogP contribution in [-0.2, 0) is 13.0 Å². The highest BCUT2D eigenvalue weighted by Crippen LogP contribution is 2.15. The van der Waals surface area contributed by atoms with E-state index in [1.807, 2.05) is 0 Å². The fourth-order valence-electron chi connectivity index (χ4n) is 2.47. The van der Waals surface area contributed by atoms with Crippen LogP contribution in [0.1, 0.15) is 31.4 Å². The molecule has 1 aliphatic heterocycles. The fraction of sp³-hybridized carbons (Fsp3) is 0.600. The van der Waals surface area contributed by atoms with Gasteiger partial charge in [-0.3, -0.25) is 4.90 Å². The first-order valence-electron chi connectivity index (χ1n) is 6.61. The van der Waals surface area contributed by atoms with E-state index in [1.165, 1.54) is 11.1 Å². The van der Waals surface area contributed by atoms with E-state index in [0.29, 0.717) is 0 Å². The predicted molar refractivity (Wildman–Crippen MR) is 70.9 cm³/mol. The third-order valence-electron chi connectivity index (χ3n) is 3.32. The minimum Gasteiger partial charge on any atom is -0.392 e. The van der Waals surface area contributed by atoms with E-state index in [0.717, 1.165) is 38.4 Å². The molecule has 1 atom stereocenters. The SMILES string of the molecule is CC(C)Cc1ccc(CN2CC[C@H](O)C2)cc1. The van der Waals surface area contributed by atoms with E-state index >= 15 is 0 Å². The maximum absolute atomic E-state index is 9.48. The van der Waals surface area contributed by atoms with Crippen LogP contribution < -0.4 is 0 Å². The van der Waals surface area contributed by atoms with Crippen molar-refractivity contribution in [1.82, 2.24) is 4.90 Å². The molecule has 17 heavy (non-hydrogen) atoms. The minimum atomic E-state index is -0.116. The molecule has 1 aromatic carbocycles. The predicted octanol–water partition coefficient (Wildman–Crippen LogP) is 2.45. The average Bonchev–Trinajstić information content (AvgIpc) is 2.66. The van der Waals surface area contributed by atoms with Gasteiger partial charge < -0.3 is 5.11 Å². The summed E-state index contributed by atoms with van der Waals surface area (Å²) in [5, 5.41) is 9.48. The van der Waals surface area contributed by atoms with E-state index in [9.17, 15) is 5.11 Å². The van der Waals surface area contributed by atoms with Gasteiger partial charge in [-0.25, -0.2) is 0 Å². The van der Waals surface area contributed by atoms with Gasteiger partial charge in [0.1, 0.15) is 0 Å². The number of hydrogen-bond acceptors (Lipinski definition) is 2. The van der Waals surface area contributed by atoms with E-state index in [4.69, 9.17) is 0 Å². The number of rotatable bonds is 4. The molecule has 1 fully saturated rings. The maximum atomic E-state index is 9.48. The van der Waals surface area contributed by atoms with Crippen molar-refractivity contribution in [2.45, 2.75) is 39.3 Å². The normalized spacial score (nSPS) is 21.3. The standard InChI is InChI=1S/C15H23NO/c1-12(2)9-13-3-5-14(6-4-13)10-16-8-7-15(17)11-16/h3-6,12,15,17H,7-11H2,1-2H3/t15-/m0/s1. The first-order valence-corrected chi connectivity index (χ1v) is 6.61. The lowest BCUT2D eigenvalue weighted by Crippen LogP contribution is -2.21. The highest BCUT2D eigenvalue weighted by molar-refractivity contribution is 5.22. The Kier molecular flexibility index (Phi) is 4.19. The van der Waals surface area contributed by atoms with E-state index in [-0.39, 0.29) is 6.10 Å². The van der Waals surface area contributed by atoms with Gasteiger partial charge >= 0.3 is 0 Å². The highest BCUT2D eigenvalue weighted by atomic mass is 16.3. The van der Waals surface area contributed by atoms with Crippen molar-refractivity contribution in [2.75, 3.05) is 13.1 Å². The van der Waals surface area contributed by atoms with Crippen LogP contribution in [0, 0.1) is 5.92 Å². The van der Waals surface area contributed by atoms with Crippen molar-refractivity contribution in [2.24, 2.45) is 5.92 Å². The average molecular weight is 233 g/mol. The maximum Gasteiger partial charge on any atom is 0.0679 e. The summed E-state index contributed by atoms with van der Waals surface area (Å²) in [5.41, 5.74) is 2.77. The van der Waals surface area contributed by atoms with E-state index in [1.54, 1.807) is 0 Å². The zero-order chi connectivity index (χ0) is 12.3. The molecule has 0 spiro atoms. The lowest BCUT2D eigenvalue weighted by Gasteiger charge is -2.15. The van der Waals surface area contributed by atoms with Crippen LogP contribution in [0.2, 0.25) is 0 Å². The number of hydrogen-bond donors (Lipinski definition) is 1. The molecule has 2 rings (SSSR count). The minimum absolute atomic E-state index is 0.116. The van der Waals surface area contributed by atoms with Crippen LogP contribution in [0.4, 0.5) is 0 Å². The molecular weight excluding hydrogens is 210 g/mol. The largest absolute Gasteiger partial charge is 0.392 e. The van der Waals surface area contributed by atoms with Gasteiger partial charge in [-0.2, -0.15) is 0 Å². The van der Waals surface area contributed by atoms with Gasteiger partial charge in [-0.05, 0) is 29.9 Å². The number of benzene rings is 1. The first-order chi connectivity index (χ1) is 8.13. The Bertz CT molecular complexity index is 344. The summed E-state index contributed by atoms with van der Waals surface area (Å²) < 4.78 is 0. The molecule has 94 valence electrons. The zero-order valence-corrected chi connectivity index (χ0v) is 10.9. The molecule has 0 saturated carbocycles. The number of aliphatic hydroxyl groups is 1. The zero-order valence-electron chi connectivity index (χ0n) is 10.9. The van der Waals surface area contributed by atoms with Gasteiger partial charge in [-0.1, -0.05) is 38.1 Å². The van der Waals surface area contributed by atoms with E-state index in [2.05, 4.69) is 43.0 Å². The van der Waals surface area contributed by atoms with Crippen molar-refractivity contribution in [3.63, 3.8) is 0 Å². The summed E-state index contributed by atoms with van der Waals surface area (Å²) in [6.45, 7) is 7.32. The third kappa shape index (κ3) is 3.83. The Balaban J connectivity index is 1.89. The van der Waals surface area contributed by atoms with Crippen LogP contribution in [0.5, 0.6) is 0 Å². The van der Waals surface area contributed by atoms with Gasteiger partial charge in [0.2, 0.25) is 0 Å². The van der Waals surface area contributed by atoms with Crippen LogP contribution in [0.15, 0.2) is 24.3 Å². The number of β-amino-alcohol motifs (C(OH)–C–C–N with tert-alkyl or cyclic N) is 1. The first kappa shape index (κ1) is 12.6. The Morgan fingerprint density at radius 1 is 1.24 bits per heavy atom.